The third kappa shape index (κ3) is 4.41. The zero-order valence-electron chi connectivity index (χ0n) is 16.3. The molecule has 0 saturated carbocycles. The third-order valence-corrected chi connectivity index (χ3v) is 5.29. The lowest BCUT2D eigenvalue weighted by molar-refractivity contribution is -0.137. The fourth-order valence-corrected chi connectivity index (χ4v) is 3.63. The first-order chi connectivity index (χ1) is 14.3. The van der Waals surface area contributed by atoms with E-state index in [9.17, 15) is 18.3 Å². The number of alkyl halides is 3. The van der Waals surface area contributed by atoms with Crippen molar-refractivity contribution in [3.05, 3.63) is 23.9 Å². The van der Waals surface area contributed by atoms with Crippen LogP contribution in [-0.2, 0) is 10.9 Å². The van der Waals surface area contributed by atoms with Crippen molar-refractivity contribution in [3.63, 3.8) is 0 Å². The number of nitrogen functional groups attached to an aromatic ring is 1. The van der Waals surface area contributed by atoms with Crippen molar-refractivity contribution >= 4 is 17.6 Å². The van der Waals surface area contributed by atoms with Crippen LogP contribution in [0.5, 0.6) is 0 Å². The molecule has 0 spiro atoms. The van der Waals surface area contributed by atoms with Crippen LogP contribution in [0, 0.1) is 0 Å². The van der Waals surface area contributed by atoms with Crippen LogP contribution in [0.15, 0.2) is 18.3 Å². The summed E-state index contributed by atoms with van der Waals surface area (Å²) in [5, 5.41) is 9.79. The predicted octanol–water partition coefficient (Wildman–Crippen LogP) is 1.94. The Bertz CT molecular complexity index is 896. The molecule has 8 nitrogen and oxygen atoms in total. The molecule has 11 heteroatoms. The molecule has 0 radical (unpaired) electrons. The molecule has 0 aromatic carbocycles. The molecule has 4 heterocycles. The summed E-state index contributed by atoms with van der Waals surface area (Å²) >= 11 is 0. The van der Waals surface area contributed by atoms with Gasteiger partial charge in [-0.15, -0.1) is 0 Å². The van der Waals surface area contributed by atoms with Crippen molar-refractivity contribution in [3.8, 4) is 11.3 Å². The van der Waals surface area contributed by atoms with Gasteiger partial charge in [0.15, 0.2) is 0 Å². The van der Waals surface area contributed by atoms with Crippen molar-refractivity contribution in [2.24, 2.45) is 0 Å². The molecule has 30 heavy (non-hydrogen) atoms. The Kier molecular flexibility index (Phi) is 5.65. The fourth-order valence-electron chi connectivity index (χ4n) is 3.63. The van der Waals surface area contributed by atoms with Gasteiger partial charge in [-0.1, -0.05) is 0 Å². The van der Waals surface area contributed by atoms with E-state index in [2.05, 4.69) is 15.0 Å². The van der Waals surface area contributed by atoms with Gasteiger partial charge in [-0.2, -0.15) is 18.2 Å². The summed E-state index contributed by atoms with van der Waals surface area (Å²) in [6.07, 6.45) is -2.73. The molecule has 3 N–H and O–H groups in total. The molecule has 2 aliphatic rings. The smallest absolute Gasteiger partial charge is 0.393 e. The number of anilines is 3. The van der Waals surface area contributed by atoms with E-state index in [1.165, 1.54) is 0 Å². The van der Waals surface area contributed by atoms with E-state index in [1.54, 1.807) is 6.07 Å². The first-order valence-corrected chi connectivity index (χ1v) is 9.79. The van der Waals surface area contributed by atoms with Crippen LogP contribution in [0.4, 0.5) is 30.8 Å². The Morgan fingerprint density at radius 1 is 1.03 bits per heavy atom. The minimum Gasteiger partial charge on any atom is -0.393 e. The number of piperidine rings is 1. The molecule has 0 aliphatic carbocycles. The molecule has 2 fully saturated rings. The lowest BCUT2D eigenvalue weighted by Gasteiger charge is -2.32. The minimum absolute atomic E-state index is 0.132. The normalized spacial score (nSPS) is 18.7. The van der Waals surface area contributed by atoms with E-state index >= 15 is 0 Å². The zero-order valence-corrected chi connectivity index (χ0v) is 16.3. The summed E-state index contributed by atoms with van der Waals surface area (Å²) in [4.78, 5) is 16.8. The molecule has 0 amide bonds. The van der Waals surface area contributed by atoms with E-state index in [-0.39, 0.29) is 23.2 Å². The second-order valence-corrected chi connectivity index (χ2v) is 7.38. The van der Waals surface area contributed by atoms with Gasteiger partial charge in [0, 0.05) is 44.0 Å². The average molecular weight is 424 g/mol. The van der Waals surface area contributed by atoms with E-state index < -0.39 is 11.7 Å². The summed E-state index contributed by atoms with van der Waals surface area (Å²) in [7, 11) is 0. The number of aliphatic hydroxyl groups excluding tert-OH is 1. The maximum Gasteiger partial charge on any atom is 0.417 e. The fraction of sp³-hybridized carbons (Fsp3) is 0.526. The number of hydrogen-bond acceptors (Lipinski definition) is 8. The van der Waals surface area contributed by atoms with Gasteiger partial charge in [0.1, 0.15) is 11.6 Å². The number of rotatable bonds is 3. The number of aliphatic hydroxyl groups is 1. The molecule has 0 unspecified atom stereocenters. The topological polar surface area (TPSA) is 101 Å². The van der Waals surface area contributed by atoms with Gasteiger partial charge >= 0.3 is 6.18 Å². The van der Waals surface area contributed by atoms with E-state index in [0.29, 0.717) is 64.0 Å². The molecule has 2 aliphatic heterocycles. The van der Waals surface area contributed by atoms with Gasteiger partial charge in [-0.3, -0.25) is 0 Å². The lowest BCUT2D eigenvalue weighted by Crippen LogP contribution is -2.39. The largest absolute Gasteiger partial charge is 0.417 e. The zero-order chi connectivity index (χ0) is 21.3. The molecule has 162 valence electrons. The second kappa shape index (κ2) is 8.23. The Hall–Kier alpha value is -2.66. The van der Waals surface area contributed by atoms with Crippen molar-refractivity contribution in [1.82, 2.24) is 15.0 Å². The van der Waals surface area contributed by atoms with Crippen LogP contribution in [0.3, 0.4) is 0 Å². The quantitative estimate of drug-likeness (QED) is 0.771. The van der Waals surface area contributed by atoms with E-state index in [1.807, 2.05) is 9.80 Å². The van der Waals surface area contributed by atoms with Crippen LogP contribution in [0.2, 0.25) is 0 Å². The van der Waals surface area contributed by atoms with Gasteiger partial charge in [0.05, 0.1) is 30.6 Å². The standard InChI is InChI=1S/C19H23F3N6O2/c20-19(21,22)14-9-16(23)24-11-13(14)15-10-17(27-3-1-12(29)2-4-27)26-18(25-15)28-5-7-30-8-6-28/h9-12,29H,1-8H2,(H2,23,24). The summed E-state index contributed by atoms with van der Waals surface area (Å²) in [6.45, 7) is 3.21. The number of aromatic nitrogens is 3. The van der Waals surface area contributed by atoms with Gasteiger partial charge in [-0.25, -0.2) is 9.97 Å². The number of pyridine rings is 1. The van der Waals surface area contributed by atoms with Crippen LogP contribution < -0.4 is 15.5 Å². The van der Waals surface area contributed by atoms with Crippen molar-refractivity contribution < 1.29 is 23.0 Å². The molecule has 2 aromatic heterocycles. The first-order valence-electron chi connectivity index (χ1n) is 9.79. The molecule has 4 rings (SSSR count). The number of halogens is 3. The molecule has 2 aromatic rings. The Labute approximate surface area is 171 Å². The van der Waals surface area contributed by atoms with Gasteiger partial charge in [0.2, 0.25) is 5.95 Å². The first kappa shape index (κ1) is 20.6. The number of morpholine rings is 1. The Morgan fingerprint density at radius 2 is 1.73 bits per heavy atom. The highest BCUT2D eigenvalue weighted by atomic mass is 19.4. The average Bonchev–Trinajstić information content (AvgIpc) is 2.74. The van der Waals surface area contributed by atoms with E-state index in [4.69, 9.17) is 10.5 Å². The van der Waals surface area contributed by atoms with Crippen LogP contribution in [-0.4, -0.2) is 65.6 Å². The Morgan fingerprint density at radius 3 is 2.40 bits per heavy atom. The number of nitrogens with two attached hydrogens (primary N) is 1. The monoisotopic (exact) mass is 424 g/mol. The van der Waals surface area contributed by atoms with Crippen molar-refractivity contribution in [2.75, 3.05) is 54.9 Å². The Balaban J connectivity index is 1.80. The highest BCUT2D eigenvalue weighted by molar-refractivity contribution is 5.69. The van der Waals surface area contributed by atoms with Crippen LogP contribution in [0.1, 0.15) is 18.4 Å². The summed E-state index contributed by atoms with van der Waals surface area (Å²) in [6, 6.07) is 2.37. The lowest BCUT2D eigenvalue weighted by atomic mass is 10.1. The van der Waals surface area contributed by atoms with Gasteiger partial charge in [0.25, 0.3) is 0 Å². The number of nitrogens with zero attached hydrogens (tertiary/aromatic N) is 5. The number of hydrogen-bond donors (Lipinski definition) is 2. The minimum atomic E-state index is -4.61. The maximum absolute atomic E-state index is 13.7. The highest BCUT2D eigenvalue weighted by Gasteiger charge is 2.35. The molecule has 0 atom stereocenters. The summed E-state index contributed by atoms with van der Waals surface area (Å²) < 4.78 is 46.4. The summed E-state index contributed by atoms with van der Waals surface area (Å²) in [5.74, 6) is 0.666. The molecular weight excluding hydrogens is 401 g/mol. The van der Waals surface area contributed by atoms with Crippen molar-refractivity contribution in [1.29, 1.82) is 0 Å². The number of ether oxygens (including phenoxy) is 1. The van der Waals surface area contributed by atoms with Gasteiger partial charge < -0.3 is 25.4 Å². The van der Waals surface area contributed by atoms with Crippen molar-refractivity contribution in [2.45, 2.75) is 25.1 Å². The van der Waals surface area contributed by atoms with E-state index in [0.717, 1.165) is 12.3 Å². The predicted molar refractivity (Wildman–Crippen MR) is 105 cm³/mol. The molecule has 0 bridgehead atoms. The molecular formula is C19H23F3N6O2. The summed E-state index contributed by atoms with van der Waals surface area (Å²) in [5.41, 5.74) is 4.61. The highest BCUT2D eigenvalue weighted by Crippen LogP contribution is 2.38. The second-order valence-electron chi connectivity index (χ2n) is 7.38. The van der Waals surface area contributed by atoms with Crippen LogP contribution in [0.25, 0.3) is 11.3 Å². The SMILES string of the molecule is Nc1cc(C(F)(F)F)c(-c2cc(N3CCC(O)CC3)nc(N3CCOCC3)n2)cn1. The third-order valence-electron chi connectivity index (χ3n) is 5.29. The molecule has 2 saturated heterocycles. The van der Waals surface area contributed by atoms with Gasteiger partial charge in [-0.05, 0) is 18.9 Å². The van der Waals surface area contributed by atoms with Crippen LogP contribution >= 0.6 is 0 Å². The maximum atomic E-state index is 13.7.